The zero-order chi connectivity index (χ0) is 11.5. The Kier molecular flexibility index (Phi) is 2.95. The van der Waals surface area contributed by atoms with Crippen LogP contribution in [0.1, 0.15) is 17.5 Å². The van der Waals surface area contributed by atoms with Crippen LogP contribution in [0.4, 0.5) is 8.78 Å². The molecule has 0 amide bonds. The molecule has 0 fully saturated rings. The van der Waals surface area contributed by atoms with Gasteiger partial charge in [-0.1, -0.05) is 29.8 Å². The van der Waals surface area contributed by atoms with Crippen molar-refractivity contribution in [3.8, 4) is 0 Å². The summed E-state index contributed by atoms with van der Waals surface area (Å²) in [5.74, 6) is -0.910. The molecule has 0 aromatic heterocycles. The fourth-order valence-corrected chi connectivity index (χ4v) is 1.56. The maximum atomic E-state index is 13.6. The summed E-state index contributed by atoms with van der Waals surface area (Å²) in [6.45, 7) is 1.95. The van der Waals surface area contributed by atoms with E-state index in [2.05, 4.69) is 4.99 Å². The normalized spacial score (nSPS) is 16.1. The number of hydrogen-bond donors (Lipinski definition) is 0. The summed E-state index contributed by atoms with van der Waals surface area (Å²) < 4.78 is 26.8. The first-order valence-electron chi connectivity index (χ1n) is 5.00. The van der Waals surface area contributed by atoms with Gasteiger partial charge in [0.15, 0.2) is 0 Å². The molecule has 0 unspecified atom stereocenters. The van der Waals surface area contributed by atoms with E-state index in [0.29, 0.717) is 11.1 Å². The molecule has 0 saturated heterocycles. The predicted molar refractivity (Wildman–Crippen MR) is 61.5 cm³/mol. The van der Waals surface area contributed by atoms with Gasteiger partial charge in [-0.25, -0.2) is 8.78 Å². The van der Waals surface area contributed by atoms with Crippen LogP contribution in [0.25, 0.3) is 5.57 Å². The molecule has 0 aliphatic carbocycles. The minimum absolute atomic E-state index is 0.0467. The molecule has 2 rings (SSSR count). The summed E-state index contributed by atoms with van der Waals surface area (Å²) in [4.78, 5) is 3.53. The molecule has 0 N–H and O–H groups in total. The monoisotopic (exact) mass is 219 g/mol. The minimum Gasteiger partial charge on any atom is -0.259 e. The zero-order valence-electron chi connectivity index (χ0n) is 8.87. The van der Waals surface area contributed by atoms with Crippen molar-refractivity contribution in [1.29, 1.82) is 0 Å². The van der Waals surface area contributed by atoms with Crippen molar-refractivity contribution in [2.75, 3.05) is 0 Å². The van der Waals surface area contributed by atoms with Crippen molar-refractivity contribution in [3.63, 3.8) is 0 Å². The summed E-state index contributed by atoms with van der Waals surface area (Å²) in [5.41, 5.74) is 2.12. The molecule has 3 heteroatoms. The van der Waals surface area contributed by atoms with E-state index in [1.807, 2.05) is 19.1 Å². The summed E-state index contributed by atoms with van der Waals surface area (Å²) in [5, 5.41) is 0. The number of aryl methyl sites for hydroxylation is 1. The van der Waals surface area contributed by atoms with E-state index in [1.165, 1.54) is 0 Å². The van der Waals surface area contributed by atoms with Crippen LogP contribution in [0.5, 0.6) is 0 Å². The maximum absolute atomic E-state index is 13.6. The number of hydrogen-bond acceptors (Lipinski definition) is 1. The number of nitrogens with zero attached hydrogens (tertiary/aromatic N) is 1. The molecule has 1 nitrogen and oxygen atoms in total. The van der Waals surface area contributed by atoms with Crippen LogP contribution < -0.4 is 0 Å². The van der Waals surface area contributed by atoms with Crippen molar-refractivity contribution < 1.29 is 8.78 Å². The van der Waals surface area contributed by atoms with E-state index in [-0.39, 0.29) is 6.42 Å². The molecule has 0 saturated carbocycles. The first-order valence-corrected chi connectivity index (χ1v) is 5.00. The molecule has 0 bridgehead atoms. The third-order valence-electron chi connectivity index (χ3n) is 2.44. The molecule has 1 aromatic carbocycles. The lowest BCUT2D eigenvalue weighted by molar-refractivity contribution is 0.614. The molecule has 1 aromatic rings. The van der Waals surface area contributed by atoms with Crippen molar-refractivity contribution >= 4 is 11.8 Å². The smallest absolute Gasteiger partial charge is 0.145 e. The van der Waals surface area contributed by atoms with Crippen LogP contribution in [0, 0.1) is 6.92 Å². The Labute approximate surface area is 92.8 Å². The molecule has 0 spiro atoms. The van der Waals surface area contributed by atoms with Crippen molar-refractivity contribution in [2.45, 2.75) is 13.3 Å². The third kappa shape index (κ3) is 2.24. The van der Waals surface area contributed by atoms with Gasteiger partial charge in [0.05, 0.1) is 12.4 Å². The Bertz CT molecular complexity index is 481. The Balaban J connectivity index is 2.43. The van der Waals surface area contributed by atoms with Gasteiger partial charge in [0.1, 0.15) is 11.7 Å². The Morgan fingerprint density at radius 1 is 1.12 bits per heavy atom. The highest BCUT2D eigenvalue weighted by Crippen LogP contribution is 2.28. The lowest BCUT2D eigenvalue weighted by atomic mass is 10.0. The zero-order valence-corrected chi connectivity index (χ0v) is 8.87. The van der Waals surface area contributed by atoms with Gasteiger partial charge in [-0.2, -0.15) is 0 Å². The lowest BCUT2D eigenvalue weighted by Crippen LogP contribution is -1.89. The van der Waals surface area contributed by atoms with E-state index in [4.69, 9.17) is 0 Å². The highest BCUT2D eigenvalue weighted by Gasteiger charge is 2.12. The van der Waals surface area contributed by atoms with E-state index >= 15 is 0 Å². The van der Waals surface area contributed by atoms with Gasteiger partial charge in [-0.05, 0) is 12.5 Å². The van der Waals surface area contributed by atoms with Gasteiger partial charge in [0.2, 0.25) is 0 Å². The van der Waals surface area contributed by atoms with Gasteiger partial charge in [-0.15, -0.1) is 0 Å². The number of benzene rings is 1. The van der Waals surface area contributed by atoms with E-state index < -0.39 is 11.7 Å². The summed E-state index contributed by atoms with van der Waals surface area (Å²) in [6, 6.07) is 7.33. The van der Waals surface area contributed by atoms with Crippen LogP contribution in [0.2, 0.25) is 0 Å². The fourth-order valence-electron chi connectivity index (χ4n) is 1.56. The van der Waals surface area contributed by atoms with Gasteiger partial charge >= 0.3 is 0 Å². The highest BCUT2D eigenvalue weighted by atomic mass is 19.1. The van der Waals surface area contributed by atoms with Crippen LogP contribution in [-0.4, -0.2) is 6.21 Å². The molecule has 16 heavy (non-hydrogen) atoms. The Hall–Kier alpha value is -1.77. The second-order valence-electron chi connectivity index (χ2n) is 3.72. The standard InChI is InChI=1S/C13H11F2N/c1-9-2-4-10(5-3-9)12-6-11(14)7-16-8-13(12)15/h2-5,7-8H,6H2,1H3. The van der Waals surface area contributed by atoms with Gasteiger partial charge in [0.25, 0.3) is 0 Å². The SMILES string of the molecule is Cc1ccc(C2=C(F)C=NC=C(F)C2)cc1. The molecule has 1 heterocycles. The average molecular weight is 219 g/mol. The van der Waals surface area contributed by atoms with Crippen LogP contribution in [0.15, 0.2) is 47.1 Å². The second kappa shape index (κ2) is 4.39. The molecule has 1 aliphatic rings. The number of rotatable bonds is 1. The maximum Gasteiger partial charge on any atom is 0.145 e. The molecule has 82 valence electrons. The second-order valence-corrected chi connectivity index (χ2v) is 3.72. The molecule has 1 aliphatic heterocycles. The molecule has 0 radical (unpaired) electrons. The Morgan fingerprint density at radius 2 is 1.81 bits per heavy atom. The predicted octanol–water partition coefficient (Wildman–Crippen LogP) is 3.96. The Morgan fingerprint density at radius 3 is 2.50 bits per heavy atom. The van der Waals surface area contributed by atoms with Crippen molar-refractivity contribution in [1.82, 2.24) is 0 Å². The largest absolute Gasteiger partial charge is 0.259 e. The fraction of sp³-hybridized carbons (Fsp3) is 0.154. The van der Waals surface area contributed by atoms with Gasteiger partial charge in [0, 0.05) is 12.0 Å². The number of aliphatic imine (C=N–C) groups is 1. The highest BCUT2D eigenvalue weighted by molar-refractivity contribution is 5.90. The summed E-state index contributed by atoms with van der Waals surface area (Å²) >= 11 is 0. The molecule has 0 atom stereocenters. The van der Waals surface area contributed by atoms with Gasteiger partial charge < -0.3 is 0 Å². The third-order valence-corrected chi connectivity index (χ3v) is 2.44. The first kappa shape index (κ1) is 10.7. The van der Waals surface area contributed by atoms with Crippen molar-refractivity contribution in [2.24, 2.45) is 4.99 Å². The first-order chi connectivity index (χ1) is 7.66. The van der Waals surface area contributed by atoms with E-state index in [1.54, 1.807) is 12.1 Å². The number of halogens is 2. The van der Waals surface area contributed by atoms with E-state index in [9.17, 15) is 8.78 Å². The van der Waals surface area contributed by atoms with Crippen molar-refractivity contribution in [3.05, 3.63) is 53.2 Å². The van der Waals surface area contributed by atoms with Crippen LogP contribution in [0.3, 0.4) is 0 Å². The quantitative estimate of drug-likeness (QED) is 0.677. The van der Waals surface area contributed by atoms with E-state index in [0.717, 1.165) is 18.0 Å². The average Bonchev–Trinajstić information content (AvgIpc) is 2.42. The number of allylic oxidation sites excluding steroid dienone is 3. The van der Waals surface area contributed by atoms with Gasteiger partial charge in [-0.3, -0.25) is 4.99 Å². The summed E-state index contributed by atoms with van der Waals surface area (Å²) in [7, 11) is 0. The van der Waals surface area contributed by atoms with Crippen LogP contribution >= 0.6 is 0 Å². The molecular formula is C13H11F2N. The van der Waals surface area contributed by atoms with Crippen LogP contribution in [-0.2, 0) is 0 Å². The molecular weight excluding hydrogens is 208 g/mol. The lowest BCUT2D eigenvalue weighted by Gasteiger charge is -2.06. The minimum atomic E-state index is -0.479. The topological polar surface area (TPSA) is 12.4 Å². The summed E-state index contributed by atoms with van der Waals surface area (Å²) in [6.07, 6.45) is 2.04.